The molecule has 0 aliphatic carbocycles. The number of amides is 2. The molecule has 0 spiro atoms. The minimum atomic E-state index is -1.09. The summed E-state index contributed by atoms with van der Waals surface area (Å²) in [6.45, 7) is 3.36. The topological polar surface area (TPSA) is 71.4 Å². The fraction of sp³-hybridized carbons (Fsp3) is 0.350. The van der Waals surface area contributed by atoms with Crippen molar-refractivity contribution in [3.8, 4) is 0 Å². The number of hydrogen-bond donors (Lipinski definition) is 1. The lowest BCUT2D eigenvalue weighted by molar-refractivity contribution is 0.0696. The van der Waals surface area contributed by atoms with Crippen molar-refractivity contribution < 1.29 is 18.4 Å². The smallest absolute Gasteiger partial charge is 0.274 e. The number of carbonyl (C=O) groups excluding carboxylic acids is 2. The van der Waals surface area contributed by atoms with E-state index in [9.17, 15) is 23.2 Å². The number of piperidine rings is 1. The first kappa shape index (κ1) is 19.7. The molecule has 0 bridgehead atoms. The van der Waals surface area contributed by atoms with Crippen molar-refractivity contribution in [2.45, 2.75) is 19.8 Å². The molecule has 0 radical (unpaired) electrons. The normalized spacial score (nSPS) is 14.8. The fourth-order valence-electron chi connectivity index (χ4n) is 3.21. The third-order valence-electron chi connectivity index (χ3n) is 4.94. The highest BCUT2D eigenvalue weighted by atomic mass is 19.1. The van der Waals surface area contributed by atoms with Crippen LogP contribution in [0.15, 0.2) is 35.3 Å². The maximum Gasteiger partial charge on any atom is 0.274 e. The standard InChI is InChI=1S/C20H21F2N3O3/c1-12-6-8-25(9-7-12)19(27)13-10-16(20(28)24(2)11-13)23-18(26)17-14(21)4-3-5-15(17)22/h3-5,10-12H,6-9H2,1-2H3,(H,23,26). The highest BCUT2D eigenvalue weighted by molar-refractivity contribution is 6.05. The maximum atomic E-state index is 13.8. The number of rotatable bonds is 3. The second-order valence-corrected chi connectivity index (χ2v) is 7.08. The van der Waals surface area contributed by atoms with E-state index in [1.807, 2.05) is 0 Å². The van der Waals surface area contributed by atoms with Gasteiger partial charge in [-0.05, 0) is 37.0 Å². The Morgan fingerprint density at radius 3 is 2.36 bits per heavy atom. The number of aromatic nitrogens is 1. The van der Waals surface area contributed by atoms with E-state index in [-0.39, 0.29) is 17.2 Å². The molecule has 1 saturated heterocycles. The Balaban J connectivity index is 1.89. The van der Waals surface area contributed by atoms with Gasteiger partial charge in [-0.25, -0.2) is 8.78 Å². The quantitative estimate of drug-likeness (QED) is 0.878. The molecule has 2 aromatic rings. The largest absolute Gasteiger partial charge is 0.339 e. The lowest BCUT2D eigenvalue weighted by Gasteiger charge is -2.30. The Morgan fingerprint density at radius 1 is 1.14 bits per heavy atom. The minimum Gasteiger partial charge on any atom is -0.339 e. The molecule has 1 aliphatic heterocycles. The van der Waals surface area contributed by atoms with Crippen molar-refractivity contribution in [1.29, 1.82) is 0 Å². The van der Waals surface area contributed by atoms with Crippen molar-refractivity contribution in [2.75, 3.05) is 18.4 Å². The zero-order valence-corrected chi connectivity index (χ0v) is 15.7. The summed E-state index contributed by atoms with van der Waals surface area (Å²) in [6, 6.07) is 4.29. The number of nitrogens with zero attached hydrogens (tertiary/aromatic N) is 2. The van der Waals surface area contributed by atoms with Gasteiger partial charge in [0.1, 0.15) is 22.9 Å². The predicted molar refractivity (Wildman–Crippen MR) is 100 cm³/mol. The molecule has 2 amide bonds. The molecule has 0 unspecified atom stereocenters. The van der Waals surface area contributed by atoms with Crippen molar-refractivity contribution in [3.63, 3.8) is 0 Å². The summed E-state index contributed by atoms with van der Waals surface area (Å²) in [6.07, 6.45) is 3.18. The lowest BCUT2D eigenvalue weighted by atomic mass is 9.99. The number of anilines is 1. The predicted octanol–water partition coefficient (Wildman–Crippen LogP) is 2.79. The molecule has 6 nitrogen and oxygen atoms in total. The van der Waals surface area contributed by atoms with E-state index >= 15 is 0 Å². The molecule has 3 rings (SSSR count). The van der Waals surface area contributed by atoms with Crippen molar-refractivity contribution in [3.05, 3.63) is 63.6 Å². The minimum absolute atomic E-state index is 0.216. The van der Waals surface area contributed by atoms with Crippen molar-refractivity contribution in [1.82, 2.24) is 9.47 Å². The molecular weight excluding hydrogens is 368 g/mol. The Morgan fingerprint density at radius 2 is 1.75 bits per heavy atom. The first-order chi connectivity index (χ1) is 13.3. The van der Waals surface area contributed by atoms with Crippen LogP contribution in [0.2, 0.25) is 0 Å². The summed E-state index contributed by atoms with van der Waals surface area (Å²) in [5.41, 5.74) is -1.37. The van der Waals surface area contributed by atoms with Gasteiger partial charge in [0.15, 0.2) is 0 Å². The molecular formula is C20H21F2N3O3. The Bertz CT molecular complexity index is 959. The second kappa shape index (κ2) is 7.92. The Hall–Kier alpha value is -3.03. The van der Waals surface area contributed by atoms with Gasteiger partial charge in [-0.3, -0.25) is 14.4 Å². The summed E-state index contributed by atoms with van der Waals surface area (Å²) >= 11 is 0. The van der Waals surface area contributed by atoms with Gasteiger partial charge < -0.3 is 14.8 Å². The first-order valence-corrected chi connectivity index (χ1v) is 9.03. The number of carbonyl (C=O) groups is 2. The molecule has 0 atom stereocenters. The van der Waals surface area contributed by atoms with E-state index in [4.69, 9.17) is 0 Å². The summed E-state index contributed by atoms with van der Waals surface area (Å²) in [4.78, 5) is 39.1. The number of aryl methyl sites for hydroxylation is 1. The van der Waals surface area contributed by atoms with Crippen molar-refractivity contribution in [2.24, 2.45) is 13.0 Å². The molecule has 0 saturated carbocycles. The average molecular weight is 389 g/mol. The first-order valence-electron chi connectivity index (χ1n) is 9.03. The molecule has 148 valence electrons. The van der Waals surface area contributed by atoms with Gasteiger partial charge >= 0.3 is 0 Å². The highest BCUT2D eigenvalue weighted by Gasteiger charge is 2.24. The van der Waals surface area contributed by atoms with Gasteiger partial charge in [0.2, 0.25) is 0 Å². The van der Waals surface area contributed by atoms with Crippen LogP contribution in [0.1, 0.15) is 40.5 Å². The van der Waals surface area contributed by atoms with E-state index in [1.165, 1.54) is 19.3 Å². The second-order valence-electron chi connectivity index (χ2n) is 7.08. The zero-order valence-electron chi connectivity index (χ0n) is 15.7. The molecule has 1 aromatic carbocycles. The van der Waals surface area contributed by atoms with Crippen LogP contribution < -0.4 is 10.9 Å². The molecule has 1 fully saturated rings. The monoisotopic (exact) mass is 389 g/mol. The third-order valence-corrected chi connectivity index (χ3v) is 4.94. The summed E-state index contributed by atoms with van der Waals surface area (Å²) in [5.74, 6) is -2.87. The van der Waals surface area contributed by atoms with Crippen LogP contribution in [0.4, 0.5) is 14.5 Å². The fourth-order valence-corrected chi connectivity index (χ4v) is 3.21. The average Bonchev–Trinajstić information content (AvgIpc) is 2.65. The molecule has 1 aliphatic rings. The highest BCUT2D eigenvalue weighted by Crippen LogP contribution is 2.19. The Kier molecular flexibility index (Phi) is 5.58. The number of pyridine rings is 1. The molecule has 1 aromatic heterocycles. The number of nitrogens with one attached hydrogen (secondary N) is 1. The van der Waals surface area contributed by atoms with Gasteiger partial charge in [-0.2, -0.15) is 0 Å². The third kappa shape index (κ3) is 3.95. The summed E-state index contributed by atoms with van der Waals surface area (Å²) in [7, 11) is 1.44. The van der Waals surface area contributed by atoms with E-state index in [0.717, 1.165) is 35.6 Å². The van der Waals surface area contributed by atoms with Crippen LogP contribution in [0.3, 0.4) is 0 Å². The van der Waals surface area contributed by atoms with Gasteiger partial charge in [0.25, 0.3) is 17.4 Å². The van der Waals surface area contributed by atoms with Crippen LogP contribution in [0.25, 0.3) is 0 Å². The maximum absolute atomic E-state index is 13.8. The van der Waals surface area contributed by atoms with Crippen LogP contribution in [0.5, 0.6) is 0 Å². The van der Waals surface area contributed by atoms with Crippen LogP contribution in [0, 0.1) is 17.6 Å². The van der Waals surface area contributed by atoms with E-state index < -0.39 is 28.7 Å². The van der Waals surface area contributed by atoms with Crippen molar-refractivity contribution >= 4 is 17.5 Å². The lowest BCUT2D eigenvalue weighted by Crippen LogP contribution is -2.38. The number of likely N-dealkylation sites (tertiary alicyclic amines) is 1. The zero-order chi connectivity index (χ0) is 20.4. The summed E-state index contributed by atoms with van der Waals surface area (Å²) in [5, 5.41) is 2.23. The van der Waals surface area contributed by atoms with E-state index in [2.05, 4.69) is 12.2 Å². The van der Waals surface area contributed by atoms with Crippen LogP contribution in [-0.4, -0.2) is 34.4 Å². The molecule has 1 N–H and O–H groups in total. The Labute approximate surface area is 160 Å². The molecule has 2 heterocycles. The molecule has 8 heteroatoms. The number of halogens is 2. The van der Waals surface area contributed by atoms with E-state index in [0.29, 0.717) is 19.0 Å². The van der Waals surface area contributed by atoms with Gasteiger partial charge in [0.05, 0.1) is 5.56 Å². The number of benzene rings is 1. The van der Waals surface area contributed by atoms with Gasteiger partial charge in [0, 0.05) is 26.3 Å². The summed E-state index contributed by atoms with van der Waals surface area (Å²) < 4.78 is 28.8. The van der Waals surface area contributed by atoms with Crippen LogP contribution >= 0.6 is 0 Å². The van der Waals surface area contributed by atoms with E-state index in [1.54, 1.807) is 4.90 Å². The van der Waals surface area contributed by atoms with Gasteiger partial charge in [-0.15, -0.1) is 0 Å². The van der Waals surface area contributed by atoms with Crippen LogP contribution in [-0.2, 0) is 7.05 Å². The molecule has 28 heavy (non-hydrogen) atoms. The SMILES string of the molecule is CC1CCN(C(=O)c2cc(NC(=O)c3c(F)cccc3F)c(=O)n(C)c2)CC1. The van der Waals surface area contributed by atoms with Gasteiger partial charge in [-0.1, -0.05) is 13.0 Å². The number of hydrogen-bond acceptors (Lipinski definition) is 3.